The lowest BCUT2D eigenvalue weighted by molar-refractivity contribution is -0.0221. The van der Waals surface area contributed by atoms with E-state index in [1.54, 1.807) is 0 Å². The molecule has 1 aliphatic heterocycles. The highest BCUT2D eigenvalue weighted by molar-refractivity contribution is 7.92. The van der Waals surface area contributed by atoms with Gasteiger partial charge in [-0.1, -0.05) is 6.58 Å². The zero-order chi connectivity index (χ0) is 23.7. The Labute approximate surface area is 180 Å². The molecule has 0 bridgehead atoms. The van der Waals surface area contributed by atoms with Gasteiger partial charge in [-0.05, 0) is 24.3 Å². The number of benzene rings is 1. The van der Waals surface area contributed by atoms with E-state index in [0.717, 1.165) is 12.1 Å². The molecule has 0 aliphatic carbocycles. The highest BCUT2D eigenvalue weighted by Crippen LogP contribution is 2.36. The van der Waals surface area contributed by atoms with Gasteiger partial charge in [0.2, 0.25) is 0 Å². The number of carbonyl (C=O) groups excluding carboxylic acids is 1. The monoisotopic (exact) mass is 476 g/mol. The number of aromatic nitrogens is 2. The van der Waals surface area contributed by atoms with E-state index in [2.05, 4.69) is 16.5 Å². The minimum Gasteiger partial charge on any atom is -0.354 e. The summed E-state index contributed by atoms with van der Waals surface area (Å²) >= 11 is 0. The van der Waals surface area contributed by atoms with Crippen molar-refractivity contribution in [2.75, 3.05) is 18.0 Å². The average molecular weight is 476 g/mol. The number of rotatable bonds is 6. The van der Waals surface area contributed by atoms with Crippen molar-refractivity contribution in [3.8, 4) is 11.3 Å². The SMILES string of the molecule is C=CS(=O)(=O)NC(=O)c1nc(-c2ccc(F)cc2)c(N2CCC(F)(F)CC2)nc1C(F)F. The Balaban J connectivity index is 2.17. The number of anilines is 1. The minimum absolute atomic E-state index is 0.160. The lowest BCUT2D eigenvalue weighted by Gasteiger charge is -2.33. The van der Waals surface area contributed by atoms with E-state index >= 15 is 0 Å². The molecule has 7 nitrogen and oxygen atoms in total. The van der Waals surface area contributed by atoms with Gasteiger partial charge in [0.25, 0.3) is 28.3 Å². The molecule has 0 radical (unpaired) electrons. The standard InChI is InChI=1S/C19H17F5N4O3S/c1-2-32(30,31)27-18(29)15-14(16(21)22)26-17(28-9-7-19(23,24)8-10-28)13(25-15)11-3-5-12(20)6-4-11/h2-6,16H,1,7-10H2,(H,27,29). The van der Waals surface area contributed by atoms with Gasteiger partial charge < -0.3 is 4.90 Å². The van der Waals surface area contributed by atoms with Gasteiger partial charge in [-0.3, -0.25) is 4.79 Å². The van der Waals surface area contributed by atoms with Crippen molar-refractivity contribution in [3.63, 3.8) is 0 Å². The molecular weight excluding hydrogens is 459 g/mol. The van der Waals surface area contributed by atoms with Crippen LogP contribution in [0.15, 0.2) is 36.3 Å². The largest absolute Gasteiger partial charge is 0.354 e. The zero-order valence-corrected chi connectivity index (χ0v) is 17.2. The number of hydrogen-bond donors (Lipinski definition) is 1. The Morgan fingerprint density at radius 3 is 2.28 bits per heavy atom. The third-order valence-corrected chi connectivity index (χ3v) is 5.60. The number of alkyl halides is 4. The van der Waals surface area contributed by atoms with Crippen molar-refractivity contribution in [3.05, 3.63) is 53.5 Å². The van der Waals surface area contributed by atoms with E-state index in [-0.39, 0.29) is 30.2 Å². The molecule has 1 amide bonds. The molecule has 1 N–H and O–H groups in total. The van der Waals surface area contributed by atoms with Crippen LogP contribution in [0.1, 0.15) is 35.4 Å². The predicted octanol–water partition coefficient (Wildman–Crippen LogP) is 3.66. The number of halogens is 5. The zero-order valence-electron chi connectivity index (χ0n) is 16.4. The molecule has 3 rings (SSSR count). The molecule has 32 heavy (non-hydrogen) atoms. The molecule has 0 unspecified atom stereocenters. The van der Waals surface area contributed by atoms with Gasteiger partial charge in [0.15, 0.2) is 11.5 Å². The molecule has 0 spiro atoms. The highest BCUT2D eigenvalue weighted by Gasteiger charge is 2.36. The lowest BCUT2D eigenvalue weighted by Crippen LogP contribution is -2.40. The van der Waals surface area contributed by atoms with Crippen LogP contribution in [-0.2, 0) is 10.0 Å². The molecule has 1 aromatic heterocycles. The van der Waals surface area contributed by atoms with Crippen LogP contribution in [0.2, 0.25) is 0 Å². The van der Waals surface area contributed by atoms with E-state index in [9.17, 15) is 35.2 Å². The Hall–Kier alpha value is -3.09. The van der Waals surface area contributed by atoms with E-state index in [4.69, 9.17) is 0 Å². The number of nitrogens with zero attached hydrogens (tertiary/aromatic N) is 3. The molecule has 1 aliphatic rings. The molecule has 13 heteroatoms. The summed E-state index contributed by atoms with van der Waals surface area (Å²) in [5.74, 6) is -5.22. The van der Waals surface area contributed by atoms with Crippen LogP contribution in [0, 0.1) is 5.82 Å². The third-order valence-electron chi connectivity index (χ3n) is 4.69. The van der Waals surface area contributed by atoms with Crippen molar-refractivity contribution >= 4 is 21.7 Å². The second-order valence-corrected chi connectivity index (χ2v) is 8.55. The van der Waals surface area contributed by atoms with Crippen LogP contribution in [-0.4, -0.2) is 43.3 Å². The highest BCUT2D eigenvalue weighted by atomic mass is 32.2. The minimum atomic E-state index is -4.33. The Kier molecular flexibility index (Phi) is 6.49. The maximum Gasteiger partial charge on any atom is 0.285 e. The quantitative estimate of drug-likeness (QED) is 0.640. The molecule has 172 valence electrons. The van der Waals surface area contributed by atoms with Gasteiger partial charge in [0.1, 0.15) is 17.2 Å². The van der Waals surface area contributed by atoms with Crippen molar-refractivity contribution in [1.29, 1.82) is 0 Å². The Bertz CT molecular complexity index is 1130. The summed E-state index contributed by atoms with van der Waals surface area (Å²) in [5, 5.41) is 0.406. The summed E-state index contributed by atoms with van der Waals surface area (Å²) in [6, 6.07) is 4.58. The molecule has 1 saturated heterocycles. The van der Waals surface area contributed by atoms with E-state index < -0.39 is 58.3 Å². The van der Waals surface area contributed by atoms with Crippen molar-refractivity contribution < 1.29 is 35.2 Å². The number of nitrogens with one attached hydrogen (secondary N) is 1. The maximum absolute atomic E-state index is 13.7. The molecule has 0 atom stereocenters. The second-order valence-electron chi connectivity index (χ2n) is 6.92. The van der Waals surface area contributed by atoms with Gasteiger partial charge in [-0.25, -0.2) is 45.1 Å². The van der Waals surface area contributed by atoms with Crippen molar-refractivity contribution in [2.45, 2.75) is 25.2 Å². The fraction of sp³-hybridized carbons (Fsp3) is 0.316. The first-order valence-electron chi connectivity index (χ1n) is 9.21. The Morgan fingerprint density at radius 1 is 1.16 bits per heavy atom. The van der Waals surface area contributed by atoms with Crippen LogP contribution in [0.3, 0.4) is 0 Å². The van der Waals surface area contributed by atoms with Crippen LogP contribution in [0.25, 0.3) is 11.3 Å². The van der Waals surface area contributed by atoms with Gasteiger partial charge >= 0.3 is 0 Å². The van der Waals surface area contributed by atoms with E-state index in [1.807, 2.05) is 0 Å². The summed E-state index contributed by atoms with van der Waals surface area (Å²) in [5.41, 5.74) is -2.11. The lowest BCUT2D eigenvalue weighted by atomic mass is 10.1. The fourth-order valence-corrected chi connectivity index (χ4v) is 3.48. The smallest absolute Gasteiger partial charge is 0.285 e. The fourth-order valence-electron chi connectivity index (χ4n) is 3.05. The molecular formula is C19H17F5N4O3S. The normalized spacial score (nSPS) is 16.1. The van der Waals surface area contributed by atoms with Crippen LogP contribution in [0.5, 0.6) is 0 Å². The topological polar surface area (TPSA) is 92.3 Å². The van der Waals surface area contributed by atoms with Gasteiger partial charge in [0.05, 0.1) is 0 Å². The summed E-state index contributed by atoms with van der Waals surface area (Å²) in [4.78, 5) is 21.5. The first-order chi connectivity index (χ1) is 14.9. The van der Waals surface area contributed by atoms with Crippen LogP contribution < -0.4 is 9.62 Å². The summed E-state index contributed by atoms with van der Waals surface area (Å²) in [6.45, 7) is 2.55. The third kappa shape index (κ3) is 5.21. The summed E-state index contributed by atoms with van der Waals surface area (Å²) in [6.07, 6.45) is -4.44. The van der Waals surface area contributed by atoms with Crippen molar-refractivity contribution in [1.82, 2.24) is 14.7 Å². The van der Waals surface area contributed by atoms with E-state index in [1.165, 1.54) is 21.8 Å². The summed E-state index contributed by atoms with van der Waals surface area (Å²) in [7, 11) is -4.33. The van der Waals surface area contributed by atoms with Crippen molar-refractivity contribution in [2.24, 2.45) is 0 Å². The van der Waals surface area contributed by atoms with E-state index in [0.29, 0.717) is 5.41 Å². The van der Waals surface area contributed by atoms with Crippen LogP contribution in [0.4, 0.5) is 27.8 Å². The molecule has 2 aromatic rings. The predicted molar refractivity (Wildman–Crippen MR) is 105 cm³/mol. The second kappa shape index (κ2) is 8.81. The number of hydrogen-bond acceptors (Lipinski definition) is 6. The number of piperidine rings is 1. The summed E-state index contributed by atoms with van der Waals surface area (Å²) < 4.78 is 92.8. The first-order valence-corrected chi connectivity index (χ1v) is 10.8. The number of carbonyl (C=O) groups is 1. The maximum atomic E-state index is 13.7. The number of sulfonamides is 1. The van der Waals surface area contributed by atoms with Gasteiger partial charge in [0, 0.05) is 36.9 Å². The van der Waals surface area contributed by atoms with Crippen LogP contribution >= 0.6 is 0 Å². The average Bonchev–Trinajstić information content (AvgIpc) is 2.73. The molecule has 1 aromatic carbocycles. The molecule has 1 fully saturated rings. The molecule has 0 saturated carbocycles. The molecule has 2 heterocycles. The first kappa shape index (κ1) is 23.6. The Morgan fingerprint density at radius 2 is 1.75 bits per heavy atom. The van der Waals surface area contributed by atoms with Gasteiger partial charge in [-0.2, -0.15) is 0 Å². The van der Waals surface area contributed by atoms with Gasteiger partial charge in [-0.15, -0.1) is 0 Å². The number of amides is 1.